The smallest absolute Gasteiger partial charge is 0.333 e. The summed E-state index contributed by atoms with van der Waals surface area (Å²) < 4.78 is 5.42. The maximum atomic E-state index is 12.4. The molecule has 1 rings (SSSR count). The minimum absolute atomic E-state index is 0.237. The van der Waals surface area contributed by atoms with E-state index in [-0.39, 0.29) is 10.7 Å². The molecule has 0 bridgehead atoms. The molecule has 1 unspecified atom stereocenters. The molecule has 4 nitrogen and oxygen atoms in total. The molecule has 0 spiro atoms. The highest BCUT2D eigenvalue weighted by Gasteiger charge is 2.29. The zero-order valence-corrected chi connectivity index (χ0v) is 16.1. The minimum atomic E-state index is -0.816. The van der Waals surface area contributed by atoms with Gasteiger partial charge in [-0.2, -0.15) is 0 Å². The Bertz CT molecular complexity index is 500. The van der Waals surface area contributed by atoms with Crippen LogP contribution < -0.4 is 5.32 Å². The Morgan fingerprint density at radius 3 is 2.32 bits per heavy atom. The summed E-state index contributed by atoms with van der Waals surface area (Å²) in [6, 6.07) is 8.27. The van der Waals surface area contributed by atoms with Gasteiger partial charge in [0.25, 0.3) is 0 Å². The molecule has 6 heteroatoms. The molecule has 1 amide bonds. The number of rotatable bonds is 6. The van der Waals surface area contributed by atoms with Gasteiger partial charge < -0.3 is 10.1 Å². The second-order valence-corrected chi connectivity index (χ2v) is 7.73. The van der Waals surface area contributed by atoms with Crippen LogP contribution in [0, 0.1) is 0 Å². The molecule has 0 fully saturated rings. The van der Waals surface area contributed by atoms with Gasteiger partial charge in [0.15, 0.2) is 6.04 Å². The van der Waals surface area contributed by atoms with E-state index in [0.717, 1.165) is 0 Å². The Morgan fingerprint density at radius 1 is 1.23 bits per heavy atom. The molecular formula is C16H21Br2NO3. The number of hydrogen-bond acceptors (Lipinski definition) is 3. The normalized spacial score (nSPS) is 14.0. The molecule has 0 aromatic heterocycles. The highest BCUT2D eigenvalue weighted by molar-refractivity contribution is 9.10. The van der Waals surface area contributed by atoms with Gasteiger partial charge >= 0.3 is 5.97 Å². The maximum absolute atomic E-state index is 12.4. The van der Waals surface area contributed by atoms with Crippen molar-refractivity contribution in [2.75, 3.05) is 5.33 Å². The van der Waals surface area contributed by atoms with Crippen LogP contribution in [0.2, 0.25) is 0 Å². The highest BCUT2D eigenvalue weighted by atomic mass is 79.9. The first-order chi connectivity index (χ1) is 10.2. The van der Waals surface area contributed by atoms with Crippen LogP contribution in [0.4, 0.5) is 0 Å². The largest absolute Gasteiger partial charge is 0.458 e. The van der Waals surface area contributed by atoms with E-state index in [0.29, 0.717) is 17.3 Å². The summed E-state index contributed by atoms with van der Waals surface area (Å²) in [6.45, 7) is 5.40. The van der Waals surface area contributed by atoms with E-state index in [1.54, 1.807) is 32.9 Å². The topological polar surface area (TPSA) is 55.4 Å². The lowest BCUT2D eigenvalue weighted by Crippen LogP contribution is -2.41. The molecule has 0 radical (unpaired) electrons. The molecule has 22 heavy (non-hydrogen) atoms. The summed E-state index contributed by atoms with van der Waals surface area (Å²) >= 11 is 6.62. The molecule has 0 heterocycles. The Kier molecular flexibility index (Phi) is 7.56. The number of carbonyl (C=O) groups excluding carboxylic acids is 2. The fourth-order valence-corrected chi connectivity index (χ4v) is 3.18. The van der Waals surface area contributed by atoms with Gasteiger partial charge in [0, 0.05) is 5.33 Å². The number of hydrogen-bond donors (Lipinski definition) is 1. The van der Waals surface area contributed by atoms with Crippen LogP contribution in [0.3, 0.4) is 0 Å². The van der Waals surface area contributed by atoms with Gasteiger partial charge in [-0.05, 0) is 32.8 Å². The summed E-state index contributed by atoms with van der Waals surface area (Å²) in [5.74, 6) is -0.704. The van der Waals surface area contributed by atoms with Gasteiger partial charge in [0.2, 0.25) is 5.91 Å². The number of ether oxygens (including phenoxy) is 1. The molecular weight excluding hydrogens is 414 g/mol. The first-order valence-corrected chi connectivity index (χ1v) is 9.06. The van der Waals surface area contributed by atoms with Crippen molar-refractivity contribution in [1.82, 2.24) is 5.32 Å². The van der Waals surface area contributed by atoms with Gasteiger partial charge in [-0.1, -0.05) is 62.2 Å². The molecule has 1 aromatic carbocycles. The fraction of sp³-hybridized carbons (Fsp3) is 0.500. The molecule has 0 saturated carbocycles. The second-order valence-electron chi connectivity index (χ2n) is 5.83. The zero-order chi connectivity index (χ0) is 16.8. The third-order valence-electron chi connectivity index (χ3n) is 2.71. The molecule has 2 atom stereocenters. The van der Waals surface area contributed by atoms with E-state index in [1.807, 2.05) is 18.2 Å². The van der Waals surface area contributed by atoms with Crippen molar-refractivity contribution in [3.05, 3.63) is 35.9 Å². The molecule has 0 aliphatic carbocycles. The molecule has 1 N–H and O–H groups in total. The SMILES string of the molecule is CC(C)(C)OC(=O)C(NC(=O)[C@@H](Br)CCBr)c1ccccc1. The summed E-state index contributed by atoms with van der Waals surface area (Å²) in [5.41, 5.74) is 0.0852. The van der Waals surface area contributed by atoms with Crippen molar-refractivity contribution in [2.24, 2.45) is 0 Å². The maximum Gasteiger partial charge on any atom is 0.333 e. The fourth-order valence-electron chi connectivity index (χ4n) is 1.74. The van der Waals surface area contributed by atoms with E-state index in [4.69, 9.17) is 4.74 Å². The van der Waals surface area contributed by atoms with Crippen molar-refractivity contribution in [3.63, 3.8) is 0 Å². The van der Waals surface area contributed by atoms with Crippen LogP contribution in [-0.4, -0.2) is 27.6 Å². The molecule has 1 aromatic rings. The third-order valence-corrected chi connectivity index (χ3v) is 4.04. The van der Waals surface area contributed by atoms with Crippen molar-refractivity contribution in [2.45, 2.75) is 43.7 Å². The second kappa shape index (κ2) is 8.67. The van der Waals surface area contributed by atoms with E-state index in [2.05, 4.69) is 37.2 Å². The van der Waals surface area contributed by atoms with E-state index >= 15 is 0 Å². The Hall–Kier alpha value is -0.880. The van der Waals surface area contributed by atoms with Crippen molar-refractivity contribution < 1.29 is 14.3 Å². The number of nitrogens with one attached hydrogen (secondary N) is 1. The van der Waals surface area contributed by atoms with Crippen LogP contribution >= 0.6 is 31.9 Å². The zero-order valence-electron chi connectivity index (χ0n) is 12.9. The lowest BCUT2D eigenvalue weighted by Gasteiger charge is -2.25. The molecule has 0 aliphatic rings. The van der Waals surface area contributed by atoms with Crippen LogP contribution in [0.15, 0.2) is 30.3 Å². The van der Waals surface area contributed by atoms with E-state index in [1.165, 1.54) is 0 Å². The number of benzene rings is 1. The van der Waals surface area contributed by atoms with Crippen molar-refractivity contribution in [1.29, 1.82) is 0 Å². The van der Waals surface area contributed by atoms with Crippen molar-refractivity contribution in [3.8, 4) is 0 Å². The molecule has 122 valence electrons. The van der Waals surface area contributed by atoms with Crippen LogP contribution in [0.25, 0.3) is 0 Å². The van der Waals surface area contributed by atoms with Crippen LogP contribution in [-0.2, 0) is 14.3 Å². The highest BCUT2D eigenvalue weighted by Crippen LogP contribution is 2.20. The Balaban J connectivity index is 2.93. The molecule has 0 aliphatic heterocycles. The van der Waals surface area contributed by atoms with E-state index < -0.39 is 17.6 Å². The third kappa shape index (κ3) is 6.48. The quantitative estimate of drug-likeness (QED) is 0.548. The van der Waals surface area contributed by atoms with Crippen molar-refractivity contribution >= 4 is 43.7 Å². The van der Waals surface area contributed by atoms with Crippen LogP contribution in [0.1, 0.15) is 38.8 Å². The van der Waals surface area contributed by atoms with Gasteiger partial charge in [-0.3, -0.25) is 4.79 Å². The lowest BCUT2D eigenvalue weighted by atomic mass is 10.1. The Morgan fingerprint density at radius 2 is 1.82 bits per heavy atom. The average molecular weight is 435 g/mol. The van der Waals surface area contributed by atoms with Crippen LogP contribution in [0.5, 0.6) is 0 Å². The number of esters is 1. The first-order valence-electron chi connectivity index (χ1n) is 7.03. The Labute approximate surface area is 148 Å². The minimum Gasteiger partial charge on any atom is -0.458 e. The standard InChI is InChI=1S/C16H21Br2NO3/c1-16(2,3)22-15(21)13(11-7-5-4-6-8-11)19-14(20)12(18)9-10-17/h4-8,12-13H,9-10H2,1-3H3,(H,19,20)/t12-,13?/m0/s1. The van der Waals surface area contributed by atoms with Gasteiger partial charge in [0.1, 0.15) is 5.60 Å². The number of amides is 1. The number of halogens is 2. The number of alkyl halides is 2. The van der Waals surface area contributed by atoms with Gasteiger partial charge in [0.05, 0.1) is 4.83 Å². The summed E-state index contributed by atoms with van der Waals surface area (Å²) in [6.07, 6.45) is 0.627. The predicted molar refractivity (Wildman–Crippen MR) is 94.3 cm³/mol. The van der Waals surface area contributed by atoms with E-state index in [9.17, 15) is 9.59 Å². The average Bonchev–Trinajstić information content (AvgIpc) is 2.43. The monoisotopic (exact) mass is 433 g/mol. The lowest BCUT2D eigenvalue weighted by molar-refractivity contribution is -0.158. The predicted octanol–water partition coefficient (Wildman–Crippen LogP) is 3.73. The van der Waals surface area contributed by atoms with Gasteiger partial charge in [-0.15, -0.1) is 0 Å². The molecule has 0 saturated heterocycles. The summed E-state index contributed by atoms with van der Waals surface area (Å²) in [4.78, 5) is 24.3. The summed E-state index contributed by atoms with van der Waals surface area (Å²) in [5, 5.41) is 3.45. The summed E-state index contributed by atoms with van der Waals surface area (Å²) in [7, 11) is 0. The first kappa shape index (κ1) is 19.2. The van der Waals surface area contributed by atoms with Gasteiger partial charge in [-0.25, -0.2) is 4.79 Å². The number of carbonyl (C=O) groups is 2.